The Kier molecular flexibility index (Phi) is 8.46. The minimum atomic E-state index is 0.214. The molecule has 2 saturated heterocycles. The van der Waals surface area contributed by atoms with E-state index in [9.17, 15) is 9.59 Å². The summed E-state index contributed by atoms with van der Waals surface area (Å²) in [4.78, 5) is 24.6. The van der Waals surface area contributed by atoms with E-state index in [0.717, 1.165) is 26.2 Å². The summed E-state index contributed by atoms with van der Waals surface area (Å²) >= 11 is 0. The molecule has 100 valence electrons. The van der Waals surface area contributed by atoms with E-state index in [0.29, 0.717) is 0 Å². The van der Waals surface area contributed by atoms with Gasteiger partial charge in [-0.3, -0.25) is 9.59 Å². The van der Waals surface area contributed by atoms with Crippen molar-refractivity contribution in [2.24, 2.45) is 0 Å². The lowest BCUT2D eigenvalue weighted by Crippen LogP contribution is -2.40. The Labute approximate surface area is 105 Å². The summed E-state index contributed by atoms with van der Waals surface area (Å²) in [6.07, 6.45) is 3.58. The van der Waals surface area contributed by atoms with Gasteiger partial charge in [-0.05, 0) is 19.3 Å². The van der Waals surface area contributed by atoms with Crippen molar-refractivity contribution in [2.75, 3.05) is 26.2 Å². The second-order valence-electron chi connectivity index (χ2n) is 4.07. The van der Waals surface area contributed by atoms with Crippen LogP contribution < -0.4 is 0 Å². The van der Waals surface area contributed by atoms with Gasteiger partial charge in [0.05, 0.1) is 0 Å². The van der Waals surface area contributed by atoms with Crippen LogP contribution in [-0.4, -0.2) is 47.8 Å². The topological polar surface area (TPSA) is 40.6 Å². The maximum atomic E-state index is 10.6. The van der Waals surface area contributed by atoms with Crippen LogP contribution in [0.1, 0.15) is 47.0 Å². The van der Waals surface area contributed by atoms with Crippen LogP contribution >= 0.6 is 0 Å². The number of hydrogen-bond acceptors (Lipinski definition) is 2. The van der Waals surface area contributed by atoms with E-state index in [2.05, 4.69) is 0 Å². The smallest absolute Gasteiger partial charge is 0.219 e. The monoisotopic (exact) mass is 242 g/mol. The summed E-state index contributed by atoms with van der Waals surface area (Å²) in [5.41, 5.74) is 0. The van der Waals surface area contributed by atoms with Crippen molar-refractivity contribution in [2.45, 2.75) is 47.0 Å². The van der Waals surface area contributed by atoms with Crippen LogP contribution in [0.25, 0.3) is 0 Å². The van der Waals surface area contributed by atoms with E-state index in [-0.39, 0.29) is 11.8 Å². The van der Waals surface area contributed by atoms with Crippen LogP contribution in [0.5, 0.6) is 0 Å². The van der Waals surface area contributed by atoms with Gasteiger partial charge in [-0.25, -0.2) is 0 Å². The van der Waals surface area contributed by atoms with Gasteiger partial charge in [-0.15, -0.1) is 0 Å². The molecular formula is C13H26N2O2. The third-order valence-electron chi connectivity index (χ3n) is 2.85. The van der Waals surface area contributed by atoms with Crippen molar-refractivity contribution in [1.82, 2.24) is 9.80 Å². The minimum Gasteiger partial charge on any atom is -0.343 e. The fourth-order valence-corrected chi connectivity index (χ4v) is 1.66. The number of carbonyl (C=O) groups is 2. The van der Waals surface area contributed by atoms with Gasteiger partial charge in [0.2, 0.25) is 11.8 Å². The lowest BCUT2D eigenvalue weighted by molar-refractivity contribution is -0.132. The zero-order chi connectivity index (χ0) is 13.3. The number of rotatable bonds is 0. The first kappa shape index (κ1) is 15.9. The van der Waals surface area contributed by atoms with Crippen molar-refractivity contribution in [1.29, 1.82) is 0 Å². The summed E-state index contributed by atoms with van der Waals surface area (Å²) in [6, 6.07) is 0. The maximum absolute atomic E-state index is 10.6. The molecule has 0 aromatic heterocycles. The molecule has 2 amide bonds. The predicted octanol–water partition coefficient (Wildman–Crippen LogP) is 1.89. The third-order valence-corrected chi connectivity index (χ3v) is 2.85. The highest BCUT2D eigenvalue weighted by Crippen LogP contribution is 2.06. The van der Waals surface area contributed by atoms with Crippen LogP contribution in [0.4, 0.5) is 0 Å². The first-order chi connectivity index (χ1) is 8.11. The highest BCUT2D eigenvalue weighted by Gasteiger charge is 2.14. The van der Waals surface area contributed by atoms with Gasteiger partial charge in [-0.2, -0.15) is 0 Å². The molecule has 0 bridgehead atoms. The molecule has 4 nitrogen and oxygen atoms in total. The summed E-state index contributed by atoms with van der Waals surface area (Å²) in [5.74, 6) is 0.439. The van der Waals surface area contributed by atoms with Gasteiger partial charge in [0, 0.05) is 40.0 Å². The first-order valence-corrected chi connectivity index (χ1v) is 6.62. The standard InChI is InChI=1S/C6H11NO.C5H9NO.C2H6/c1-6(8)7-4-2-3-5-7;1-5(7)6-3-2-4-6;1-2/h2-5H2,1H3;2-4H2,1H3;1-2H3. The Hall–Kier alpha value is -1.06. The fraction of sp³-hybridized carbons (Fsp3) is 0.846. The van der Waals surface area contributed by atoms with Crippen molar-refractivity contribution in [3.8, 4) is 0 Å². The number of likely N-dealkylation sites (tertiary alicyclic amines) is 2. The maximum Gasteiger partial charge on any atom is 0.219 e. The molecule has 0 radical (unpaired) electrons. The Morgan fingerprint density at radius 3 is 1.12 bits per heavy atom. The molecule has 0 aromatic rings. The van der Waals surface area contributed by atoms with E-state index < -0.39 is 0 Å². The molecule has 0 aromatic carbocycles. The van der Waals surface area contributed by atoms with Crippen molar-refractivity contribution in [3.05, 3.63) is 0 Å². The number of amides is 2. The number of nitrogens with zero attached hydrogens (tertiary/aromatic N) is 2. The van der Waals surface area contributed by atoms with Gasteiger partial charge < -0.3 is 9.80 Å². The lowest BCUT2D eigenvalue weighted by atomic mass is 10.2. The van der Waals surface area contributed by atoms with Crippen LogP contribution in [0.15, 0.2) is 0 Å². The predicted molar refractivity (Wildman–Crippen MR) is 69.7 cm³/mol. The van der Waals surface area contributed by atoms with Crippen LogP contribution in [0.3, 0.4) is 0 Å². The SMILES string of the molecule is CC.CC(=O)N1CCC1.CC(=O)N1CCCC1. The summed E-state index contributed by atoms with van der Waals surface area (Å²) in [5, 5.41) is 0. The first-order valence-electron chi connectivity index (χ1n) is 6.62. The normalized spacial score (nSPS) is 17.2. The molecule has 0 aliphatic carbocycles. The van der Waals surface area contributed by atoms with Gasteiger partial charge >= 0.3 is 0 Å². The van der Waals surface area contributed by atoms with Gasteiger partial charge in [0.15, 0.2) is 0 Å². The average Bonchev–Trinajstić information content (AvgIpc) is 2.70. The quantitative estimate of drug-likeness (QED) is 0.651. The Morgan fingerprint density at radius 1 is 0.706 bits per heavy atom. The molecule has 2 aliphatic rings. The largest absolute Gasteiger partial charge is 0.343 e. The molecule has 2 rings (SSSR count). The Morgan fingerprint density at radius 2 is 1.00 bits per heavy atom. The van der Waals surface area contributed by atoms with E-state index >= 15 is 0 Å². The Bertz CT molecular complexity index is 232. The molecule has 0 atom stereocenters. The highest BCUT2D eigenvalue weighted by atomic mass is 16.2. The van der Waals surface area contributed by atoms with Crippen molar-refractivity contribution in [3.63, 3.8) is 0 Å². The van der Waals surface area contributed by atoms with Crippen LogP contribution in [0, 0.1) is 0 Å². The summed E-state index contributed by atoms with van der Waals surface area (Å²) in [7, 11) is 0. The third kappa shape index (κ3) is 6.29. The molecule has 4 heteroatoms. The average molecular weight is 242 g/mol. The number of hydrogen-bond donors (Lipinski definition) is 0. The van der Waals surface area contributed by atoms with Crippen molar-refractivity contribution >= 4 is 11.8 Å². The zero-order valence-corrected chi connectivity index (χ0v) is 11.7. The molecule has 0 N–H and O–H groups in total. The second kappa shape index (κ2) is 9.02. The van der Waals surface area contributed by atoms with Gasteiger partial charge in [0.1, 0.15) is 0 Å². The van der Waals surface area contributed by atoms with Gasteiger partial charge in [-0.1, -0.05) is 13.8 Å². The van der Waals surface area contributed by atoms with Crippen LogP contribution in [-0.2, 0) is 9.59 Å². The molecule has 2 heterocycles. The molecular weight excluding hydrogens is 216 g/mol. The molecule has 2 aliphatic heterocycles. The zero-order valence-electron chi connectivity index (χ0n) is 11.7. The van der Waals surface area contributed by atoms with Crippen LogP contribution in [0.2, 0.25) is 0 Å². The molecule has 0 spiro atoms. The molecule has 2 fully saturated rings. The van der Waals surface area contributed by atoms with Crippen molar-refractivity contribution < 1.29 is 9.59 Å². The lowest BCUT2D eigenvalue weighted by Gasteiger charge is -2.29. The van der Waals surface area contributed by atoms with E-state index in [1.165, 1.54) is 19.3 Å². The fourth-order valence-electron chi connectivity index (χ4n) is 1.66. The molecule has 0 saturated carbocycles. The molecule has 17 heavy (non-hydrogen) atoms. The summed E-state index contributed by atoms with van der Waals surface area (Å²) in [6.45, 7) is 11.2. The van der Waals surface area contributed by atoms with E-state index in [1.807, 2.05) is 23.6 Å². The minimum absolute atomic E-state index is 0.214. The molecule has 0 unspecified atom stereocenters. The van der Waals surface area contributed by atoms with E-state index in [1.54, 1.807) is 13.8 Å². The Balaban J connectivity index is 0.000000265. The number of carbonyl (C=O) groups excluding carboxylic acids is 2. The highest BCUT2D eigenvalue weighted by molar-refractivity contribution is 5.74. The summed E-state index contributed by atoms with van der Waals surface area (Å²) < 4.78 is 0. The van der Waals surface area contributed by atoms with E-state index in [4.69, 9.17) is 0 Å². The van der Waals surface area contributed by atoms with Gasteiger partial charge in [0.25, 0.3) is 0 Å². The second-order valence-corrected chi connectivity index (χ2v) is 4.07.